The monoisotopic (exact) mass is 294 g/mol. The topological polar surface area (TPSA) is 55.0 Å². The number of carbonyl (C=O) groups excluding carboxylic acids is 1. The van der Waals surface area contributed by atoms with E-state index < -0.39 is 5.97 Å². The first-order chi connectivity index (χ1) is 10.6. The number of nitrogens with zero attached hydrogens (tertiary/aromatic N) is 2. The number of para-hydroxylation sites is 1. The lowest BCUT2D eigenvalue weighted by Crippen LogP contribution is -2.06. The van der Waals surface area contributed by atoms with Crippen molar-refractivity contribution in [1.82, 2.24) is 4.57 Å². The molecule has 0 spiro atoms. The molecule has 0 bridgehead atoms. The van der Waals surface area contributed by atoms with Crippen LogP contribution in [0.15, 0.2) is 42.5 Å². The molecule has 0 aliphatic rings. The second kappa shape index (κ2) is 6.77. The number of allylic oxidation sites excluding steroid dienone is 1. The average Bonchev–Trinajstić information content (AvgIpc) is 2.78. The van der Waals surface area contributed by atoms with Gasteiger partial charge in [0.15, 0.2) is 0 Å². The van der Waals surface area contributed by atoms with E-state index in [0.29, 0.717) is 6.54 Å². The summed E-state index contributed by atoms with van der Waals surface area (Å²) in [4.78, 5) is 11.8. The van der Waals surface area contributed by atoms with Gasteiger partial charge in [0, 0.05) is 28.7 Å². The normalized spacial score (nSPS) is 11.2. The molecule has 1 aromatic carbocycles. The maximum Gasteiger partial charge on any atom is 0.348 e. The molecule has 4 heteroatoms. The Kier molecular flexibility index (Phi) is 4.80. The largest absolute Gasteiger partial charge is 0.462 e. The van der Waals surface area contributed by atoms with Crippen molar-refractivity contribution in [2.45, 2.75) is 20.4 Å². The molecule has 2 aromatic rings. The maximum absolute atomic E-state index is 11.8. The highest BCUT2D eigenvalue weighted by Gasteiger charge is 2.15. The summed E-state index contributed by atoms with van der Waals surface area (Å²) < 4.78 is 7.03. The van der Waals surface area contributed by atoms with Crippen LogP contribution in [0.4, 0.5) is 0 Å². The number of esters is 1. The summed E-state index contributed by atoms with van der Waals surface area (Å²) in [5.74, 6) is -0.593. The van der Waals surface area contributed by atoms with E-state index in [4.69, 9.17) is 4.74 Å². The number of carbonyl (C=O) groups is 1. The van der Waals surface area contributed by atoms with Crippen LogP contribution in [-0.2, 0) is 16.1 Å². The van der Waals surface area contributed by atoms with Crippen LogP contribution in [0.5, 0.6) is 0 Å². The molecule has 0 saturated heterocycles. The van der Waals surface area contributed by atoms with Crippen LogP contribution in [0.1, 0.15) is 18.2 Å². The van der Waals surface area contributed by atoms with E-state index in [1.54, 1.807) is 13.0 Å². The molecule has 0 N–H and O–H groups in total. The van der Waals surface area contributed by atoms with Gasteiger partial charge in [0.25, 0.3) is 0 Å². The van der Waals surface area contributed by atoms with Crippen molar-refractivity contribution in [2.75, 3.05) is 6.61 Å². The van der Waals surface area contributed by atoms with Gasteiger partial charge in [-0.2, -0.15) is 5.26 Å². The van der Waals surface area contributed by atoms with Gasteiger partial charge in [-0.3, -0.25) is 0 Å². The second-order valence-corrected chi connectivity index (χ2v) is 4.81. The average molecular weight is 294 g/mol. The summed E-state index contributed by atoms with van der Waals surface area (Å²) in [6.07, 6.45) is 3.43. The van der Waals surface area contributed by atoms with Gasteiger partial charge in [0.05, 0.1) is 6.61 Å². The van der Waals surface area contributed by atoms with Gasteiger partial charge in [0.2, 0.25) is 0 Å². The van der Waals surface area contributed by atoms with E-state index in [0.717, 1.165) is 22.2 Å². The van der Waals surface area contributed by atoms with Crippen LogP contribution in [0.2, 0.25) is 0 Å². The molecule has 1 heterocycles. The zero-order chi connectivity index (χ0) is 16.1. The predicted molar refractivity (Wildman–Crippen MR) is 87.1 cm³/mol. The zero-order valence-corrected chi connectivity index (χ0v) is 12.8. The van der Waals surface area contributed by atoms with E-state index in [9.17, 15) is 10.1 Å². The van der Waals surface area contributed by atoms with Gasteiger partial charge >= 0.3 is 5.97 Å². The number of aromatic nitrogens is 1. The van der Waals surface area contributed by atoms with Gasteiger partial charge in [-0.05, 0) is 26.0 Å². The molecule has 0 amide bonds. The lowest BCUT2D eigenvalue weighted by molar-refractivity contribution is -0.137. The number of rotatable bonds is 5. The highest BCUT2D eigenvalue weighted by atomic mass is 16.5. The Bertz CT molecular complexity index is 791. The van der Waals surface area contributed by atoms with E-state index in [2.05, 4.69) is 11.1 Å². The Morgan fingerprint density at radius 3 is 2.82 bits per heavy atom. The molecule has 1 aromatic heterocycles. The van der Waals surface area contributed by atoms with Crippen molar-refractivity contribution in [3.63, 3.8) is 0 Å². The van der Waals surface area contributed by atoms with Crippen LogP contribution in [0.25, 0.3) is 17.0 Å². The summed E-state index contributed by atoms with van der Waals surface area (Å²) in [5.41, 5.74) is 2.90. The number of benzene rings is 1. The van der Waals surface area contributed by atoms with Gasteiger partial charge in [-0.15, -0.1) is 6.58 Å². The van der Waals surface area contributed by atoms with Crippen molar-refractivity contribution in [1.29, 1.82) is 5.26 Å². The molecular formula is C18H18N2O2. The van der Waals surface area contributed by atoms with E-state index >= 15 is 0 Å². The Balaban J connectivity index is 2.65. The molecule has 0 saturated carbocycles. The van der Waals surface area contributed by atoms with Crippen molar-refractivity contribution in [3.05, 3.63) is 53.8 Å². The fourth-order valence-corrected chi connectivity index (χ4v) is 2.49. The number of nitriles is 1. The van der Waals surface area contributed by atoms with E-state index in [1.165, 1.54) is 0 Å². The van der Waals surface area contributed by atoms with Gasteiger partial charge in [-0.1, -0.05) is 24.3 Å². The molecule has 112 valence electrons. The first-order valence-electron chi connectivity index (χ1n) is 7.11. The molecule has 0 fully saturated rings. The Labute approximate surface area is 129 Å². The molecule has 2 rings (SSSR count). The van der Waals surface area contributed by atoms with Crippen LogP contribution in [-0.4, -0.2) is 17.1 Å². The molecule has 22 heavy (non-hydrogen) atoms. The lowest BCUT2D eigenvalue weighted by atomic mass is 10.1. The standard InChI is InChI=1S/C18H18N2O2/c1-4-10-20-13(3)16(15-8-6-7-9-17(15)20)11-14(12-19)18(21)22-5-2/h4,6-9,11H,1,5,10H2,2-3H3/b14-11+. The van der Waals surface area contributed by atoms with Crippen molar-refractivity contribution < 1.29 is 9.53 Å². The first kappa shape index (κ1) is 15.6. The quantitative estimate of drug-likeness (QED) is 0.366. The highest BCUT2D eigenvalue weighted by Crippen LogP contribution is 2.28. The van der Waals surface area contributed by atoms with Crippen LogP contribution >= 0.6 is 0 Å². The van der Waals surface area contributed by atoms with Gasteiger partial charge in [-0.25, -0.2) is 4.79 Å². The third-order valence-electron chi connectivity index (χ3n) is 3.50. The van der Waals surface area contributed by atoms with Crippen molar-refractivity contribution >= 4 is 22.9 Å². The van der Waals surface area contributed by atoms with E-state index in [-0.39, 0.29) is 12.2 Å². The molecule has 0 aliphatic heterocycles. The van der Waals surface area contributed by atoms with Crippen LogP contribution in [0.3, 0.4) is 0 Å². The molecule has 4 nitrogen and oxygen atoms in total. The molecular weight excluding hydrogens is 276 g/mol. The lowest BCUT2D eigenvalue weighted by Gasteiger charge is -2.04. The molecule has 0 aliphatic carbocycles. The summed E-state index contributed by atoms with van der Waals surface area (Å²) >= 11 is 0. The maximum atomic E-state index is 11.8. The Morgan fingerprint density at radius 2 is 2.18 bits per heavy atom. The predicted octanol–water partition coefficient (Wildman–Crippen LogP) is 3.61. The minimum absolute atomic E-state index is 0.00598. The molecule has 0 radical (unpaired) electrons. The minimum Gasteiger partial charge on any atom is -0.462 e. The summed E-state index contributed by atoms with van der Waals surface area (Å²) in [5, 5.41) is 10.2. The van der Waals surface area contributed by atoms with Gasteiger partial charge in [0.1, 0.15) is 11.6 Å². The number of hydrogen-bond donors (Lipinski definition) is 0. The third kappa shape index (κ3) is 2.79. The van der Waals surface area contributed by atoms with Crippen LogP contribution in [0, 0.1) is 18.3 Å². The number of hydrogen-bond acceptors (Lipinski definition) is 3. The Morgan fingerprint density at radius 1 is 1.45 bits per heavy atom. The smallest absolute Gasteiger partial charge is 0.348 e. The number of ether oxygens (including phenoxy) is 1. The van der Waals surface area contributed by atoms with Crippen LogP contribution < -0.4 is 0 Å². The number of fused-ring (bicyclic) bond motifs is 1. The molecule has 0 atom stereocenters. The van der Waals surface area contributed by atoms with Crippen molar-refractivity contribution in [2.24, 2.45) is 0 Å². The summed E-state index contributed by atoms with van der Waals surface area (Å²) in [7, 11) is 0. The fourth-order valence-electron chi connectivity index (χ4n) is 2.49. The third-order valence-corrected chi connectivity index (χ3v) is 3.50. The second-order valence-electron chi connectivity index (χ2n) is 4.81. The summed E-state index contributed by atoms with van der Waals surface area (Å²) in [6.45, 7) is 8.38. The van der Waals surface area contributed by atoms with E-state index in [1.807, 2.05) is 43.3 Å². The SMILES string of the molecule is C=CCn1c(C)c(/C=C(\C#N)C(=O)OCC)c2ccccc21. The highest BCUT2D eigenvalue weighted by molar-refractivity contribution is 6.01. The molecule has 0 unspecified atom stereocenters. The fraction of sp³-hybridized carbons (Fsp3) is 0.222. The zero-order valence-electron chi connectivity index (χ0n) is 12.8. The Hall–Kier alpha value is -2.80. The van der Waals surface area contributed by atoms with Crippen molar-refractivity contribution in [3.8, 4) is 6.07 Å². The summed E-state index contributed by atoms with van der Waals surface area (Å²) in [6, 6.07) is 9.82. The first-order valence-corrected chi connectivity index (χ1v) is 7.11. The minimum atomic E-state index is -0.593. The van der Waals surface area contributed by atoms with Gasteiger partial charge < -0.3 is 9.30 Å².